The Morgan fingerprint density at radius 1 is 1.00 bits per heavy atom. The maximum atomic E-state index is 6.30. The predicted molar refractivity (Wildman–Crippen MR) is 114 cm³/mol. The van der Waals surface area contributed by atoms with Crippen LogP contribution in [0.1, 0.15) is 24.4 Å². The summed E-state index contributed by atoms with van der Waals surface area (Å²) in [6.45, 7) is 2.01. The summed E-state index contributed by atoms with van der Waals surface area (Å²) >= 11 is 0. The quantitative estimate of drug-likeness (QED) is 0.703. The van der Waals surface area contributed by atoms with E-state index in [-0.39, 0.29) is 6.04 Å². The minimum absolute atomic E-state index is 0.151. The molecule has 0 amide bonds. The van der Waals surface area contributed by atoms with Crippen LogP contribution in [0.4, 0.5) is 11.8 Å². The van der Waals surface area contributed by atoms with Crippen LogP contribution in [-0.4, -0.2) is 43.9 Å². The molecule has 2 aromatic carbocycles. The van der Waals surface area contributed by atoms with Gasteiger partial charge in [0.2, 0.25) is 5.95 Å². The van der Waals surface area contributed by atoms with Crippen molar-refractivity contribution < 1.29 is 18.9 Å². The van der Waals surface area contributed by atoms with Crippen LogP contribution in [-0.2, 0) is 0 Å². The average molecular weight is 408 g/mol. The molecule has 8 nitrogen and oxygen atoms in total. The highest BCUT2D eigenvalue weighted by Gasteiger charge is 2.30. The SMILES string of the molecule is COc1cc2nc(N3CCCC3c3ccc4c(c3)OCCO4)nc(N)c2cc1OC. The van der Waals surface area contributed by atoms with Crippen LogP contribution >= 0.6 is 0 Å². The third kappa shape index (κ3) is 3.08. The first-order chi connectivity index (χ1) is 14.7. The molecule has 3 heterocycles. The van der Waals surface area contributed by atoms with Crippen LogP contribution in [0, 0.1) is 0 Å². The molecule has 30 heavy (non-hydrogen) atoms. The number of hydrogen-bond donors (Lipinski definition) is 1. The Morgan fingerprint density at radius 3 is 2.57 bits per heavy atom. The van der Waals surface area contributed by atoms with Gasteiger partial charge in [-0.3, -0.25) is 0 Å². The summed E-state index contributed by atoms with van der Waals surface area (Å²) in [6.07, 6.45) is 2.05. The number of methoxy groups -OCH3 is 2. The van der Waals surface area contributed by atoms with Gasteiger partial charge in [0.05, 0.1) is 25.8 Å². The summed E-state index contributed by atoms with van der Waals surface area (Å²) in [6, 6.07) is 9.94. The molecular formula is C22H24N4O4. The minimum atomic E-state index is 0.151. The zero-order valence-electron chi connectivity index (χ0n) is 17.1. The summed E-state index contributed by atoms with van der Waals surface area (Å²) in [7, 11) is 3.20. The lowest BCUT2D eigenvalue weighted by Crippen LogP contribution is -2.25. The highest BCUT2D eigenvalue weighted by atomic mass is 16.6. The van der Waals surface area contributed by atoms with Gasteiger partial charge in [0.1, 0.15) is 19.0 Å². The molecule has 2 N–H and O–H groups in total. The van der Waals surface area contributed by atoms with E-state index in [1.807, 2.05) is 18.2 Å². The minimum Gasteiger partial charge on any atom is -0.493 e. The Morgan fingerprint density at radius 2 is 1.77 bits per heavy atom. The van der Waals surface area contributed by atoms with Gasteiger partial charge in [-0.25, -0.2) is 4.98 Å². The van der Waals surface area contributed by atoms with Crippen molar-refractivity contribution in [1.82, 2.24) is 9.97 Å². The Labute approximate surface area is 174 Å². The van der Waals surface area contributed by atoms with Gasteiger partial charge < -0.3 is 29.6 Å². The van der Waals surface area contributed by atoms with E-state index in [1.165, 1.54) is 0 Å². The molecule has 5 rings (SSSR count). The van der Waals surface area contributed by atoms with E-state index in [1.54, 1.807) is 14.2 Å². The van der Waals surface area contributed by atoms with Crippen molar-refractivity contribution in [2.24, 2.45) is 0 Å². The molecule has 0 spiro atoms. The summed E-state index contributed by atoms with van der Waals surface area (Å²) in [5.41, 5.74) is 8.19. The highest BCUT2D eigenvalue weighted by Crippen LogP contribution is 2.40. The van der Waals surface area contributed by atoms with Gasteiger partial charge in [-0.05, 0) is 36.6 Å². The van der Waals surface area contributed by atoms with Gasteiger partial charge in [-0.1, -0.05) is 6.07 Å². The molecule has 2 aliphatic rings. The fraction of sp³-hybridized carbons (Fsp3) is 0.364. The third-order valence-corrected chi connectivity index (χ3v) is 5.68. The van der Waals surface area contributed by atoms with Gasteiger partial charge in [-0.2, -0.15) is 4.98 Å². The van der Waals surface area contributed by atoms with E-state index in [0.717, 1.165) is 47.4 Å². The van der Waals surface area contributed by atoms with Gasteiger partial charge in [0.25, 0.3) is 0 Å². The lowest BCUT2D eigenvalue weighted by atomic mass is 10.0. The molecule has 0 bridgehead atoms. The summed E-state index contributed by atoms with van der Waals surface area (Å²) < 4.78 is 22.2. The number of rotatable bonds is 4. The maximum Gasteiger partial charge on any atom is 0.228 e. The first-order valence-corrected chi connectivity index (χ1v) is 10.0. The predicted octanol–water partition coefficient (Wildman–Crippen LogP) is 3.34. The smallest absolute Gasteiger partial charge is 0.228 e. The standard InChI is InChI=1S/C22H24N4O4/c1-27-18-11-14-15(12-19(18)28-2)24-22(25-21(14)23)26-7-3-4-16(26)13-5-6-17-20(10-13)30-9-8-29-17/h5-6,10-12,16H,3-4,7-9H2,1-2H3,(H2,23,24,25). The van der Waals surface area contributed by atoms with E-state index in [9.17, 15) is 0 Å². The van der Waals surface area contributed by atoms with Gasteiger partial charge in [0.15, 0.2) is 23.0 Å². The number of nitrogen functional groups attached to an aromatic ring is 1. The zero-order valence-corrected chi connectivity index (χ0v) is 17.1. The second kappa shape index (κ2) is 7.44. The van der Waals surface area contributed by atoms with Crippen molar-refractivity contribution in [3.8, 4) is 23.0 Å². The number of anilines is 2. The van der Waals surface area contributed by atoms with Crippen molar-refractivity contribution in [3.05, 3.63) is 35.9 Å². The Balaban J connectivity index is 1.54. The molecule has 0 saturated carbocycles. The molecule has 1 saturated heterocycles. The molecule has 3 aromatic rings. The maximum absolute atomic E-state index is 6.30. The molecule has 1 atom stereocenters. The molecule has 0 radical (unpaired) electrons. The fourth-order valence-electron chi connectivity index (χ4n) is 4.21. The summed E-state index contributed by atoms with van der Waals surface area (Å²) in [4.78, 5) is 11.6. The number of nitrogens with two attached hydrogens (primary N) is 1. The lowest BCUT2D eigenvalue weighted by molar-refractivity contribution is 0.171. The molecule has 2 aliphatic heterocycles. The normalized spacial score (nSPS) is 17.9. The number of hydrogen-bond acceptors (Lipinski definition) is 8. The number of fused-ring (bicyclic) bond motifs is 2. The Hall–Kier alpha value is -3.42. The average Bonchev–Trinajstić information content (AvgIpc) is 3.28. The molecule has 0 aliphatic carbocycles. The first kappa shape index (κ1) is 18.6. The number of nitrogens with zero attached hydrogens (tertiary/aromatic N) is 3. The Kier molecular flexibility index (Phi) is 4.61. The van der Waals surface area contributed by atoms with Crippen LogP contribution in [0.15, 0.2) is 30.3 Å². The van der Waals surface area contributed by atoms with Crippen molar-refractivity contribution in [3.63, 3.8) is 0 Å². The van der Waals surface area contributed by atoms with Crippen LogP contribution in [0.3, 0.4) is 0 Å². The second-order valence-electron chi connectivity index (χ2n) is 7.39. The number of benzene rings is 2. The second-order valence-corrected chi connectivity index (χ2v) is 7.39. The van der Waals surface area contributed by atoms with Gasteiger partial charge in [-0.15, -0.1) is 0 Å². The van der Waals surface area contributed by atoms with Crippen LogP contribution in [0.5, 0.6) is 23.0 Å². The van der Waals surface area contributed by atoms with Crippen molar-refractivity contribution in [1.29, 1.82) is 0 Å². The van der Waals surface area contributed by atoms with Crippen LogP contribution < -0.4 is 29.6 Å². The molecule has 156 valence electrons. The fourth-order valence-corrected chi connectivity index (χ4v) is 4.21. The molecule has 1 fully saturated rings. The summed E-state index contributed by atoms with van der Waals surface area (Å²) in [5.74, 6) is 3.83. The molecule has 1 unspecified atom stereocenters. The topological polar surface area (TPSA) is 92.0 Å². The number of aromatic nitrogens is 2. The van der Waals surface area contributed by atoms with Crippen molar-refractivity contribution in [2.75, 3.05) is 44.6 Å². The van der Waals surface area contributed by atoms with E-state index in [0.29, 0.717) is 36.5 Å². The first-order valence-electron chi connectivity index (χ1n) is 10.0. The van der Waals surface area contributed by atoms with Crippen molar-refractivity contribution in [2.45, 2.75) is 18.9 Å². The van der Waals surface area contributed by atoms with E-state index in [2.05, 4.69) is 22.0 Å². The largest absolute Gasteiger partial charge is 0.493 e. The molecule has 1 aromatic heterocycles. The monoisotopic (exact) mass is 408 g/mol. The van der Waals surface area contributed by atoms with E-state index < -0.39 is 0 Å². The van der Waals surface area contributed by atoms with Crippen molar-refractivity contribution >= 4 is 22.7 Å². The lowest BCUT2D eigenvalue weighted by Gasteiger charge is -2.27. The molecular weight excluding hydrogens is 384 g/mol. The van der Waals surface area contributed by atoms with Crippen LogP contribution in [0.25, 0.3) is 10.9 Å². The highest BCUT2D eigenvalue weighted by molar-refractivity contribution is 5.91. The Bertz CT molecular complexity index is 1100. The summed E-state index contributed by atoms with van der Waals surface area (Å²) in [5, 5.41) is 0.742. The zero-order chi connectivity index (χ0) is 20.7. The van der Waals surface area contributed by atoms with Crippen LogP contribution in [0.2, 0.25) is 0 Å². The molecule has 8 heteroatoms. The van der Waals surface area contributed by atoms with Gasteiger partial charge >= 0.3 is 0 Å². The van der Waals surface area contributed by atoms with E-state index >= 15 is 0 Å². The van der Waals surface area contributed by atoms with Gasteiger partial charge in [0, 0.05) is 18.0 Å². The third-order valence-electron chi connectivity index (χ3n) is 5.68. The van der Waals surface area contributed by atoms with E-state index in [4.69, 9.17) is 29.7 Å². The number of ether oxygens (including phenoxy) is 4.